The lowest BCUT2D eigenvalue weighted by atomic mass is 9.46. The Morgan fingerprint density at radius 3 is 2.47 bits per heavy atom. The van der Waals surface area contributed by atoms with Gasteiger partial charge in [-0.05, 0) is 103 Å². The summed E-state index contributed by atoms with van der Waals surface area (Å²) in [4.78, 5) is 11.5. The van der Waals surface area contributed by atoms with Crippen LogP contribution in [0.25, 0.3) is 0 Å². The molecule has 3 fully saturated rings. The van der Waals surface area contributed by atoms with E-state index in [-0.39, 0.29) is 12.1 Å². The molecule has 0 aromatic rings. The van der Waals surface area contributed by atoms with Gasteiger partial charge in [0.1, 0.15) is 6.10 Å². The molecule has 2 heteroatoms. The molecule has 4 rings (SSSR count). The Kier molecular flexibility index (Phi) is 6.92. The molecule has 2 nitrogen and oxygen atoms in total. The summed E-state index contributed by atoms with van der Waals surface area (Å²) in [6, 6.07) is 0. The lowest BCUT2D eigenvalue weighted by Crippen LogP contribution is -2.52. The zero-order chi connectivity index (χ0) is 23.3. The molecule has 10 atom stereocenters. The zero-order valence-corrected chi connectivity index (χ0v) is 22.0. The minimum Gasteiger partial charge on any atom is -0.463 e. The highest BCUT2D eigenvalue weighted by atomic mass is 16.5. The third kappa shape index (κ3) is 4.22. The fourth-order valence-electron chi connectivity index (χ4n) is 8.93. The molecule has 0 saturated heterocycles. The Hall–Kier alpha value is -0.790. The number of carbonyl (C=O) groups is 1. The highest BCUT2D eigenvalue weighted by Gasteiger charge is 2.59. The van der Waals surface area contributed by atoms with E-state index in [2.05, 4.69) is 53.7 Å². The monoisotopic (exact) mass is 442 g/mol. The van der Waals surface area contributed by atoms with E-state index in [0.717, 1.165) is 54.3 Å². The van der Waals surface area contributed by atoms with Crippen molar-refractivity contribution < 1.29 is 9.53 Å². The summed E-state index contributed by atoms with van der Waals surface area (Å²) in [5.74, 6) is 6.40. The Morgan fingerprint density at radius 2 is 1.78 bits per heavy atom. The van der Waals surface area contributed by atoms with E-state index in [9.17, 15) is 4.79 Å². The van der Waals surface area contributed by atoms with Crippen molar-refractivity contribution in [1.82, 2.24) is 0 Å². The van der Waals surface area contributed by atoms with Crippen molar-refractivity contribution in [1.29, 1.82) is 0 Å². The third-order valence-corrected chi connectivity index (χ3v) is 11.4. The van der Waals surface area contributed by atoms with Crippen LogP contribution in [0.5, 0.6) is 0 Å². The van der Waals surface area contributed by atoms with Crippen LogP contribution in [0.1, 0.15) is 106 Å². The lowest BCUT2D eigenvalue weighted by Gasteiger charge is -2.59. The van der Waals surface area contributed by atoms with E-state index in [1.165, 1.54) is 44.9 Å². The van der Waals surface area contributed by atoms with E-state index in [1.54, 1.807) is 6.92 Å². The van der Waals surface area contributed by atoms with Gasteiger partial charge in [-0.25, -0.2) is 0 Å². The van der Waals surface area contributed by atoms with Gasteiger partial charge in [0, 0.05) is 6.92 Å². The molecular formula is C30H50O2. The fourth-order valence-corrected chi connectivity index (χ4v) is 8.93. The maximum absolute atomic E-state index is 11.5. The smallest absolute Gasteiger partial charge is 0.302 e. The maximum atomic E-state index is 11.5. The van der Waals surface area contributed by atoms with Crippen LogP contribution in [0.4, 0.5) is 0 Å². The number of carbonyl (C=O) groups excluding carboxylic acids is 1. The SMILES string of the molecule is CC(=O)O[C@@H]1CC[C@@]2(C)[C@@H](CC[C@@H]3[C@H]4CC[C@H]([C@H](C)CC[C@H](C)C(C)C)[C@]4(C)C=C[C@H]32)C1. The average molecular weight is 443 g/mol. The predicted molar refractivity (Wildman–Crippen MR) is 133 cm³/mol. The molecule has 0 amide bonds. The Labute approximate surface area is 198 Å². The Morgan fingerprint density at radius 1 is 1.03 bits per heavy atom. The molecule has 0 radical (unpaired) electrons. The zero-order valence-electron chi connectivity index (χ0n) is 22.0. The van der Waals surface area contributed by atoms with Gasteiger partial charge in [0.2, 0.25) is 0 Å². The number of hydrogen-bond donors (Lipinski definition) is 0. The quantitative estimate of drug-likeness (QED) is 0.307. The van der Waals surface area contributed by atoms with Crippen LogP contribution in [0.15, 0.2) is 12.2 Å². The molecule has 0 aromatic heterocycles. The molecule has 0 unspecified atom stereocenters. The van der Waals surface area contributed by atoms with Gasteiger partial charge in [-0.15, -0.1) is 0 Å². The molecule has 0 bridgehead atoms. The van der Waals surface area contributed by atoms with E-state index in [0.29, 0.717) is 16.7 Å². The average Bonchev–Trinajstić information content (AvgIpc) is 3.08. The summed E-state index contributed by atoms with van der Waals surface area (Å²) in [5, 5.41) is 0. The van der Waals surface area contributed by atoms with Crippen molar-refractivity contribution in [3.05, 3.63) is 12.2 Å². The van der Waals surface area contributed by atoms with Crippen molar-refractivity contribution in [2.24, 2.45) is 58.2 Å². The van der Waals surface area contributed by atoms with Gasteiger partial charge in [-0.2, -0.15) is 0 Å². The number of hydrogen-bond acceptors (Lipinski definition) is 2. The maximum Gasteiger partial charge on any atom is 0.302 e. The normalized spacial score (nSPS) is 45.0. The van der Waals surface area contributed by atoms with Crippen LogP contribution >= 0.6 is 0 Å². The van der Waals surface area contributed by atoms with Gasteiger partial charge in [-0.1, -0.05) is 66.5 Å². The minimum absolute atomic E-state index is 0.102. The third-order valence-electron chi connectivity index (χ3n) is 11.4. The van der Waals surface area contributed by atoms with Gasteiger partial charge in [-0.3, -0.25) is 4.79 Å². The summed E-state index contributed by atoms with van der Waals surface area (Å²) < 4.78 is 5.64. The largest absolute Gasteiger partial charge is 0.463 e. The van der Waals surface area contributed by atoms with Crippen molar-refractivity contribution in [2.45, 2.75) is 112 Å². The number of fused-ring (bicyclic) bond motifs is 5. The Bertz CT molecular complexity index is 710. The van der Waals surface area contributed by atoms with E-state index in [1.807, 2.05) is 0 Å². The molecule has 32 heavy (non-hydrogen) atoms. The van der Waals surface area contributed by atoms with Crippen molar-refractivity contribution >= 4 is 5.97 Å². The Balaban J connectivity index is 1.48. The number of ether oxygens (including phenoxy) is 1. The molecule has 0 heterocycles. The van der Waals surface area contributed by atoms with Gasteiger partial charge in [0.05, 0.1) is 0 Å². The standard InChI is InChI=1S/C30H50O2/c1-19(2)20(3)8-9-21(4)26-12-13-27-25-11-10-23-18-24(32-22(5)31)14-16-29(23,6)28(25)15-17-30(26,27)7/h15,17,19-21,23-28H,8-14,16,18H2,1-7H3/t20-,21+,23-,24+,25+,26+,27+,28+,29-,30-/m0/s1. The van der Waals surface area contributed by atoms with Gasteiger partial charge in [0.25, 0.3) is 0 Å². The van der Waals surface area contributed by atoms with E-state index >= 15 is 0 Å². The summed E-state index contributed by atoms with van der Waals surface area (Å²) in [5.41, 5.74) is 0.799. The summed E-state index contributed by atoms with van der Waals surface area (Å²) in [6.45, 7) is 16.5. The molecule has 182 valence electrons. The first-order chi connectivity index (χ1) is 15.1. The van der Waals surface area contributed by atoms with Crippen LogP contribution in [-0.4, -0.2) is 12.1 Å². The molecule has 0 aromatic carbocycles. The van der Waals surface area contributed by atoms with Crippen LogP contribution < -0.4 is 0 Å². The summed E-state index contributed by atoms with van der Waals surface area (Å²) >= 11 is 0. The van der Waals surface area contributed by atoms with Gasteiger partial charge >= 0.3 is 5.97 Å². The number of rotatable bonds is 6. The van der Waals surface area contributed by atoms with Crippen molar-refractivity contribution in [2.75, 3.05) is 0 Å². The van der Waals surface area contributed by atoms with Gasteiger partial charge in [0.15, 0.2) is 0 Å². The number of esters is 1. The first-order valence-corrected chi connectivity index (χ1v) is 13.9. The van der Waals surface area contributed by atoms with Crippen molar-refractivity contribution in [3.63, 3.8) is 0 Å². The second-order valence-corrected chi connectivity index (χ2v) is 13.3. The topological polar surface area (TPSA) is 26.3 Å². The molecule has 4 aliphatic rings. The second kappa shape index (κ2) is 9.10. The molecule has 0 N–H and O–H groups in total. The van der Waals surface area contributed by atoms with Gasteiger partial charge < -0.3 is 4.74 Å². The minimum atomic E-state index is -0.102. The predicted octanol–water partition coefficient (Wildman–Crippen LogP) is 8.06. The van der Waals surface area contributed by atoms with Crippen molar-refractivity contribution in [3.8, 4) is 0 Å². The molecule has 0 aliphatic heterocycles. The number of allylic oxidation sites excluding steroid dienone is 2. The highest BCUT2D eigenvalue weighted by Crippen LogP contribution is 2.66. The van der Waals surface area contributed by atoms with E-state index < -0.39 is 0 Å². The molecule has 0 spiro atoms. The van der Waals surface area contributed by atoms with E-state index in [4.69, 9.17) is 4.74 Å². The highest BCUT2D eigenvalue weighted by molar-refractivity contribution is 5.66. The van der Waals surface area contributed by atoms with Crippen LogP contribution in [0, 0.1) is 58.2 Å². The van der Waals surface area contributed by atoms with Crippen LogP contribution in [0.2, 0.25) is 0 Å². The first-order valence-electron chi connectivity index (χ1n) is 13.9. The summed E-state index contributed by atoms with van der Waals surface area (Å²) in [6.07, 6.45) is 17.3. The molecule has 4 aliphatic carbocycles. The fraction of sp³-hybridized carbons (Fsp3) is 0.900. The lowest BCUT2D eigenvalue weighted by molar-refractivity contribution is -0.154. The molecular weight excluding hydrogens is 392 g/mol. The first kappa shape index (κ1) is 24.3. The summed E-state index contributed by atoms with van der Waals surface area (Å²) in [7, 11) is 0. The van der Waals surface area contributed by atoms with Crippen LogP contribution in [0.3, 0.4) is 0 Å². The second-order valence-electron chi connectivity index (χ2n) is 13.3. The molecule has 3 saturated carbocycles. The van der Waals surface area contributed by atoms with Crippen LogP contribution in [-0.2, 0) is 9.53 Å².